The summed E-state index contributed by atoms with van der Waals surface area (Å²) in [5.74, 6) is 3.81. The Morgan fingerprint density at radius 1 is 0.943 bits per heavy atom. The van der Waals surface area contributed by atoms with Gasteiger partial charge in [-0.25, -0.2) is 14.6 Å². The molecule has 8 heteroatoms. The molecule has 0 radical (unpaired) electrons. The van der Waals surface area contributed by atoms with Crippen LogP contribution in [0.4, 0.5) is 5.82 Å². The SMILES string of the molecule is Cc1nc(N2C[C@H]3CCO[C@H]3C2)cc(-n2ncc3cc(C)c(C4CCN(C5COC5)CC4)cc32)n1. The van der Waals surface area contributed by atoms with Gasteiger partial charge < -0.3 is 14.4 Å². The van der Waals surface area contributed by atoms with E-state index in [4.69, 9.17) is 24.5 Å². The average Bonchev–Trinajstić information content (AvgIpc) is 3.52. The second-order valence-electron chi connectivity index (χ2n) is 10.8. The molecule has 4 fully saturated rings. The lowest BCUT2D eigenvalue weighted by Gasteiger charge is -2.41. The van der Waals surface area contributed by atoms with Crippen molar-refractivity contribution in [2.75, 3.05) is 50.9 Å². The van der Waals surface area contributed by atoms with E-state index in [0.717, 1.165) is 80.8 Å². The number of anilines is 1. The number of likely N-dealkylation sites (tertiary alicyclic amines) is 1. The molecule has 4 aliphatic rings. The molecule has 6 heterocycles. The van der Waals surface area contributed by atoms with Crippen LogP contribution in [0.1, 0.15) is 42.1 Å². The fraction of sp³-hybridized carbons (Fsp3) is 0.593. The van der Waals surface area contributed by atoms with Crippen LogP contribution in [0.5, 0.6) is 0 Å². The van der Waals surface area contributed by atoms with Crippen molar-refractivity contribution in [3.63, 3.8) is 0 Å². The first-order valence-corrected chi connectivity index (χ1v) is 13.1. The van der Waals surface area contributed by atoms with Gasteiger partial charge in [-0.2, -0.15) is 5.10 Å². The molecule has 2 atom stereocenters. The van der Waals surface area contributed by atoms with Gasteiger partial charge in [-0.05, 0) is 75.4 Å². The zero-order chi connectivity index (χ0) is 23.5. The van der Waals surface area contributed by atoms with Gasteiger partial charge in [0.1, 0.15) is 11.6 Å². The molecule has 0 saturated carbocycles. The number of nitrogens with zero attached hydrogens (tertiary/aromatic N) is 6. The van der Waals surface area contributed by atoms with Crippen molar-refractivity contribution >= 4 is 16.7 Å². The fourth-order valence-electron chi connectivity index (χ4n) is 6.51. The van der Waals surface area contributed by atoms with Crippen molar-refractivity contribution < 1.29 is 9.47 Å². The summed E-state index contributed by atoms with van der Waals surface area (Å²) >= 11 is 0. The molecule has 4 aliphatic heterocycles. The Balaban J connectivity index is 1.19. The second-order valence-corrected chi connectivity index (χ2v) is 10.8. The highest BCUT2D eigenvalue weighted by molar-refractivity contribution is 5.82. The summed E-state index contributed by atoms with van der Waals surface area (Å²) in [5.41, 5.74) is 3.95. The van der Waals surface area contributed by atoms with Crippen LogP contribution in [0, 0.1) is 19.8 Å². The zero-order valence-corrected chi connectivity index (χ0v) is 20.7. The number of benzene rings is 1. The van der Waals surface area contributed by atoms with E-state index >= 15 is 0 Å². The Morgan fingerprint density at radius 3 is 2.54 bits per heavy atom. The number of piperidine rings is 1. The lowest BCUT2D eigenvalue weighted by Crippen LogP contribution is -2.51. The maximum atomic E-state index is 5.92. The van der Waals surface area contributed by atoms with Gasteiger partial charge in [0.25, 0.3) is 0 Å². The molecular formula is C27H34N6O2. The maximum Gasteiger partial charge on any atom is 0.159 e. The van der Waals surface area contributed by atoms with Crippen LogP contribution in [0.2, 0.25) is 0 Å². The molecule has 4 saturated heterocycles. The minimum atomic E-state index is 0.341. The van der Waals surface area contributed by atoms with Gasteiger partial charge in [0, 0.05) is 37.1 Å². The highest BCUT2D eigenvalue weighted by atomic mass is 16.5. The number of aromatic nitrogens is 4. The summed E-state index contributed by atoms with van der Waals surface area (Å²) in [6, 6.07) is 7.40. The lowest BCUT2D eigenvalue weighted by molar-refractivity contribution is -0.0712. The first-order valence-electron chi connectivity index (χ1n) is 13.1. The van der Waals surface area contributed by atoms with Crippen LogP contribution in [-0.4, -0.2) is 82.8 Å². The molecule has 3 aromatic rings. The van der Waals surface area contributed by atoms with Crippen LogP contribution in [0.15, 0.2) is 24.4 Å². The van der Waals surface area contributed by atoms with Crippen molar-refractivity contribution in [2.24, 2.45) is 5.92 Å². The molecule has 0 amide bonds. The minimum absolute atomic E-state index is 0.341. The van der Waals surface area contributed by atoms with E-state index in [1.807, 2.05) is 17.8 Å². The van der Waals surface area contributed by atoms with Gasteiger partial charge in [0.2, 0.25) is 0 Å². The number of fused-ring (bicyclic) bond motifs is 2. The van der Waals surface area contributed by atoms with E-state index < -0.39 is 0 Å². The Labute approximate surface area is 206 Å². The molecule has 0 unspecified atom stereocenters. The average molecular weight is 475 g/mol. The quantitative estimate of drug-likeness (QED) is 0.575. The van der Waals surface area contributed by atoms with Crippen LogP contribution in [0.25, 0.3) is 16.7 Å². The van der Waals surface area contributed by atoms with Gasteiger partial charge in [0.15, 0.2) is 5.82 Å². The fourth-order valence-corrected chi connectivity index (χ4v) is 6.51. The predicted molar refractivity (Wildman–Crippen MR) is 134 cm³/mol. The Bertz CT molecular complexity index is 1230. The molecule has 0 N–H and O–H groups in total. The lowest BCUT2D eigenvalue weighted by atomic mass is 9.85. The maximum absolute atomic E-state index is 5.92. The smallest absolute Gasteiger partial charge is 0.159 e. The van der Waals surface area contributed by atoms with E-state index in [0.29, 0.717) is 24.0 Å². The predicted octanol–water partition coefficient (Wildman–Crippen LogP) is 3.24. The monoisotopic (exact) mass is 474 g/mol. The van der Waals surface area contributed by atoms with Gasteiger partial charge in [-0.3, -0.25) is 4.90 Å². The normalized spacial score (nSPS) is 25.9. The van der Waals surface area contributed by atoms with E-state index in [9.17, 15) is 0 Å². The van der Waals surface area contributed by atoms with Gasteiger partial charge >= 0.3 is 0 Å². The number of hydrogen-bond acceptors (Lipinski definition) is 7. The van der Waals surface area contributed by atoms with E-state index in [1.165, 1.54) is 24.0 Å². The summed E-state index contributed by atoms with van der Waals surface area (Å²) in [6.45, 7) is 11.2. The molecule has 0 spiro atoms. The highest BCUT2D eigenvalue weighted by Crippen LogP contribution is 2.35. The molecule has 1 aromatic carbocycles. The number of aryl methyl sites for hydroxylation is 2. The van der Waals surface area contributed by atoms with Crippen LogP contribution >= 0.6 is 0 Å². The third-order valence-corrected chi connectivity index (χ3v) is 8.62. The van der Waals surface area contributed by atoms with Crippen molar-refractivity contribution in [1.29, 1.82) is 0 Å². The Kier molecular flexibility index (Phi) is 5.29. The van der Waals surface area contributed by atoms with Crippen LogP contribution in [-0.2, 0) is 9.47 Å². The molecule has 35 heavy (non-hydrogen) atoms. The zero-order valence-electron chi connectivity index (χ0n) is 20.7. The molecule has 0 aliphatic carbocycles. The van der Waals surface area contributed by atoms with Crippen molar-refractivity contribution in [1.82, 2.24) is 24.6 Å². The molecule has 7 rings (SSSR count). The molecule has 184 valence electrons. The first kappa shape index (κ1) is 21.7. The molecule has 0 bridgehead atoms. The summed E-state index contributed by atoms with van der Waals surface area (Å²) in [4.78, 5) is 14.5. The van der Waals surface area contributed by atoms with Crippen molar-refractivity contribution in [3.8, 4) is 5.82 Å². The van der Waals surface area contributed by atoms with E-state index in [1.54, 1.807) is 0 Å². The highest BCUT2D eigenvalue weighted by Gasteiger charge is 2.38. The largest absolute Gasteiger partial charge is 0.378 e. The number of hydrogen-bond donors (Lipinski definition) is 0. The van der Waals surface area contributed by atoms with Gasteiger partial charge in [-0.15, -0.1) is 0 Å². The summed E-state index contributed by atoms with van der Waals surface area (Å²) in [7, 11) is 0. The third kappa shape index (κ3) is 3.82. The first-order chi connectivity index (χ1) is 17.1. The van der Waals surface area contributed by atoms with Crippen molar-refractivity contribution in [3.05, 3.63) is 41.3 Å². The van der Waals surface area contributed by atoms with Gasteiger partial charge in [0.05, 0.1) is 37.1 Å². The Morgan fingerprint density at radius 2 is 1.77 bits per heavy atom. The topological polar surface area (TPSA) is 68.5 Å². The van der Waals surface area contributed by atoms with Gasteiger partial charge in [-0.1, -0.05) is 0 Å². The summed E-state index contributed by atoms with van der Waals surface area (Å²) < 4.78 is 13.3. The Hall–Kier alpha value is -2.55. The van der Waals surface area contributed by atoms with Crippen LogP contribution < -0.4 is 4.90 Å². The molecular weight excluding hydrogens is 440 g/mol. The second kappa shape index (κ2) is 8.54. The van der Waals surface area contributed by atoms with E-state index in [-0.39, 0.29) is 0 Å². The summed E-state index contributed by atoms with van der Waals surface area (Å²) in [5, 5.41) is 5.94. The van der Waals surface area contributed by atoms with Crippen molar-refractivity contribution in [2.45, 2.75) is 51.2 Å². The summed E-state index contributed by atoms with van der Waals surface area (Å²) in [6.07, 6.45) is 5.86. The minimum Gasteiger partial charge on any atom is -0.378 e. The van der Waals surface area contributed by atoms with Crippen LogP contribution in [0.3, 0.4) is 0 Å². The standard InChI is InChI=1S/C27H34N6O2/c1-17-9-21-12-28-33(24(21)10-23(17)19-3-6-31(7-4-19)22-15-34-16-22)27-11-26(29-18(2)30-27)32-13-20-5-8-35-25(20)14-32/h9-12,19-20,22,25H,3-8,13-16H2,1-2H3/t20-,25+/m1/s1. The molecule has 2 aromatic heterocycles. The number of rotatable bonds is 4. The third-order valence-electron chi connectivity index (χ3n) is 8.62. The molecule has 8 nitrogen and oxygen atoms in total. The number of ether oxygens (including phenoxy) is 2. The van der Waals surface area contributed by atoms with E-state index in [2.05, 4.69) is 34.9 Å².